The number of aromatic carboxylic acids is 1. The lowest BCUT2D eigenvalue weighted by atomic mass is 10.1. The maximum atomic E-state index is 11.5. The van der Waals surface area contributed by atoms with Crippen LogP contribution in [-0.4, -0.2) is 73.2 Å². The third-order valence-corrected chi connectivity index (χ3v) is 6.05. The van der Waals surface area contributed by atoms with E-state index in [1.54, 1.807) is 25.1 Å². The Morgan fingerprint density at radius 3 is 2.48 bits per heavy atom. The van der Waals surface area contributed by atoms with Gasteiger partial charge >= 0.3 is 5.97 Å². The maximum Gasteiger partial charge on any atom is 0.335 e. The van der Waals surface area contributed by atoms with Crippen molar-refractivity contribution in [2.75, 3.05) is 49.5 Å². The van der Waals surface area contributed by atoms with Gasteiger partial charge in [0.2, 0.25) is 0 Å². The Balaban J connectivity index is 1.45. The molecule has 2 aromatic rings. The van der Waals surface area contributed by atoms with Gasteiger partial charge in [0.1, 0.15) is 0 Å². The molecule has 8 nitrogen and oxygen atoms in total. The number of aliphatic imine (C=N–C) groups is 1. The third-order valence-electron chi connectivity index (χ3n) is 6.05. The van der Waals surface area contributed by atoms with Crippen molar-refractivity contribution in [2.45, 2.75) is 25.9 Å². The van der Waals surface area contributed by atoms with Gasteiger partial charge < -0.3 is 25.0 Å². The number of nitrogens with zero attached hydrogens (tertiary/aromatic N) is 3. The second-order valence-electron chi connectivity index (χ2n) is 8.39. The Kier molecular flexibility index (Phi) is 7.24. The first-order chi connectivity index (χ1) is 16.0. The van der Waals surface area contributed by atoms with Crippen LogP contribution < -0.4 is 10.2 Å². The summed E-state index contributed by atoms with van der Waals surface area (Å²) in [6, 6.07) is 14.5. The lowest BCUT2D eigenvalue weighted by molar-refractivity contribution is 0.0696. The summed E-state index contributed by atoms with van der Waals surface area (Å²) in [6.07, 6.45) is 2.20. The molecule has 1 atom stereocenters. The van der Waals surface area contributed by atoms with Crippen LogP contribution in [0.1, 0.15) is 40.5 Å². The van der Waals surface area contributed by atoms with Crippen LogP contribution in [0.25, 0.3) is 0 Å². The number of benzene rings is 2. The summed E-state index contributed by atoms with van der Waals surface area (Å²) < 4.78 is 5.73. The zero-order chi connectivity index (χ0) is 23.2. The number of anilines is 2. The molecule has 2 N–H and O–H groups in total. The van der Waals surface area contributed by atoms with Crippen LogP contribution in [0.2, 0.25) is 0 Å². The van der Waals surface area contributed by atoms with E-state index in [1.807, 2.05) is 30.3 Å². The van der Waals surface area contributed by atoms with Crippen molar-refractivity contribution < 1.29 is 19.4 Å². The third kappa shape index (κ3) is 5.90. The van der Waals surface area contributed by atoms with Crippen LogP contribution in [0.3, 0.4) is 0 Å². The predicted molar refractivity (Wildman–Crippen MR) is 129 cm³/mol. The molecule has 33 heavy (non-hydrogen) atoms. The van der Waals surface area contributed by atoms with Crippen molar-refractivity contribution in [3.05, 3.63) is 59.7 Å². The van der Waals surface area contributed by atoms with Crippen molar-refractivity contribution in [2.24, 2.45) is 4.99 Å². The Labute approximate surface area is 193 Å². The lowest BCUT2D eigenvalue weighted by Crippen LogP contribution is -2.51. The normalized spacial score (nSPS) is 18.9. The average molecular weight is 451 g/mol. The number of carboxylic acid groups (broad SMARTS) is 1. The highest BCUT2D eigenvalue weighted by molar-refractivity contribution is 5.96. The summed E-state index contributed by atoms with van der Waals surface area (Å²) in [4.78, 5) is 32.2. The number of carbonyl (C=O) groups excluding carboxylic acids is 1. The molecule has 0 unspecified atom stereocenters. The van der Waals surface area contributed by atoms with E-state index in [2.05, 4.69) is 15.1 Å². The van der Waals surface area contributed by atoms with E-state index in [9.17, 15) is 14.7 Å². The molecule has 2 aromatic carbocycles. The lowest BCUT2D eigenvalue weighted by Gasteiger charge is -2.38. The van der Waals surface area contributed by atoms with Crippen LogP contribution in [0.15, 0.2) is 53.5 Å². The minimum atomic E-state index is -0.957. The highest BCUT2D eigenvalue weighted by Gasteiger charge is 2.22. The monoisotopic (exact) mass is 450 g/mol. The average Bonchev–Trinajstić information content (AvgIpc) is 3.36. The molecule has 0 amide bonds. The number of ketones is 1. The predicted octanol–water partition coefficient (Wildman–Crippen LogP) is 3.36. The molecule has 0 radical (unpaired) electrons. The van der Waals surface area contributed by atoms with E-state index in [-0.39, 0.29) is 17.5 Å². The number of Topliss-reactive ketones (excluding diaryl/α,β-unsaturated/α-hetero) is 1. The second-order valence-corrected chi connectivity index (χ2v) is 8.39. The number of guanidine groups is 1. The molecule has 0 aromatic heterocycles. The standard InChI is InChI=1S/C25H30N4O4/c1-18(30)19-7-9-22(10-8-19)28-11-13-29(14-12-28)25(26-17-23-6-3-15-33-23)27-21-5-2-4-20(16-21)24(31)32/h2,4-5,7-10,16,23H,3,6,11-15,17H2,1H3,(H,26,27)(H,31,32)/t23-/m0/s1. The zero-order valence-corrected chi connectivity index (χ0v) is 18.9. The molecule has 0 saturated carbocycles. The number of carboxylic acids is 1. The fraction of sp³-hybridized carbons (Fsp3) is 0.400. The number of carbonyl (C=O) groups is 2. The molecule has 4 rings (SSSR count). The number of hydrogen-bond acceptors (Lipinski definition) is 5. The Morgan fingerprint density at radius 1 is 1.09 bits per heavy atom. The van der Waals surface area contributed by atoms with Crippen molar-refractivity contribution in [1.29, 1.82) is 0 Å². The van der Waals surface area contributed by atoms with E-state index in [4.69, 9.17) is 9.73 Å². The summed E-state index contributed by atoms with van der Waals surface area (Å²) in [5.41, 5.74) is 2.74. The van der Waals surface area contributed by atoms with Crippen molar-refractivity contribution in [3.8, 4) is 0 Å². The first kappa shape index (κ1) is 22.8. The van der Waals surface area contributed by atoms with Gasteiger partial charge in [0.25, 0.3) is 0 Å². The van der Waals surface area contributed by atoms with Gasteiger partial charge in [-0.05, 0) is 62.2 Å². The van der Waals surface area contributed by atoms with Gasteiger partial charge in [0, 0.05) is 49.7 Å². The van der Waals surface area contributed by atoms with Gasteiger partial charge in [0.15, 0.2) is 11.7 Å². The van der Waals surface area contributed by atoms with Crippen LogP contribution in [0.4, 0.5) is 11.4 Å². The van der Waals surface area contributed by atoms with Crippen molar-refractivity contribution in [3.63, 3.8) is 0 Å². The molecule has 0 aliphatic carbocycles. The number of rotatable bonds is 6. The molecule has 174 valence electrons. The molecule has 2 fully saturated rings. The Hall–Kier alpha value is -3.39. The highest BCUT2D eigenvalue weighted by atomic mass is 16.5. The van der Waals surface area contributed by atoms with Crippen LogP contribution in [0, 0.1) is 0 Å². The van der Waals surface area contributed by atoms with E-state index in [0.29, 0.717) is 17.8 Å². The van der Waals surface area contributed by atoms with Crippen LogP contribution in [-0.2, 0) is 4.74 Å². The van der Waals surface area contributed by atoms with E-state index < -0.39 is 5.97 Å². The molecular weight excluding hydrogens is 420 g/mol. The van der Waals surface area contributed by atoms with Gasteiger partial charge in [-0.15, -0.1) is 0 Å². The number of piperazine rings is 1. The largest absolute Gasteiger partial charge is 0.478 e. The van der Waals surface area contributed by atoms with Crippen molar-refractivity contribution >= 4 is 29.1 Å². The van der Waals surface area contributed by atoms with Crippen LogP contribution in [0.5, 0.6) is 0 Å². The molecule has 8 heteroatoms. The summed E-state index contributed by atoms with van der Waals surface area (Å²) >= 11 is 0. The quantitative estimate of drug-likeness (QED) is 0.396. The zero-order valence-electron chi connectivity index (χ0n) is 18.9. The van der Waals surface area contributed by atoms with Gasteiger partial charge in [0.05, 0.1) is 18.2 Å². The molecule has 2 saturated heterocycles. The van der Waals surface area contributed by atoms with E-state index in [0.717, 1.165) is 57.3 Å². The minimum absolute atomic E-state index is 0.0662. The number of hydrogen-bond donors (Lipinski definition) is 2. The SMILES string of the molecule is CC(=O)c1ccc(N2CCN(C(=NC[C@@H]3CCCO3)Nc3cccc(C(=O)O)c3)CC2)cc1. The van der Waals surface area contributed by atoms with Crippen LogP contribution >= 0.6 is 0 Å². The summed E-state index contributed by atoms with van der Waals surface area (Å²) in [7, 11) is 0. The molecule has 2 aliphatic heterocycles. The smallest absolute Gasteiger partial charge is 0.335 e. The van der Waals surface area contributed by atoms with Gasteiger partial charge in [-0.3, -0.25) is 9.79 Å². The fourth-order valence-corrected chi connectivity index (χ4v) is 4.14. The first-order valence-corrected chi connectivity index (χ1v) is 11.4. The number of ether oxygens (including phenoxy) is 1. The second kappa shape index (κ2) is 10.5. The summed E-state index contributed by atoms with van der Waals surface area (Å²) in [6.45, 7) is 6.10. The summed E-state index contributed by atoms with van der Waals surface area (Å²) in [5.74, 6) is -0.156. The van der Waals surface area contributed by atoms with Gasteiger partial charge in [-0.1, -0.05) is 6.07 Å². The van der Waals surface area contributed by atoms with Gasteiger partial charge in [-0.25, -0.2) is 4.79 Å². The first-order valence-electron chi connectivity index (χ1n) is 11.4. The molecule has 0 bridgehead atoms. The highest BCUT2D eigenvalue weighted by Crippen LogP contribution is 2.19. The number of nitrogens with one attached hydrogen (secondary N) is 1. The Bertz CT molecular complexity index is 1010. The molecule has 2 aliphatic rings. The minimum Gasteiger partial charge on any atom is -0.478 e. The topological polar surface area (TPSA) is 94.5 Å². The molecule has 0 spiro atoms. The van der Waals surface area contributed by atoms with E-state index >= 15 is 0 Å². The van der Waals surface area contributed by atoms with Gasteiger partial charge in [-0.2, -0.15) is 0 Å². The summed E-state index contributed by atoms with van der Waals surface area (Å²) in [5, 5.41) is 12.7. The van der Waals surface area contributed by atoms with E-state index in [1.165, 1.54) is 0 Å². The fourth-order valence-electron chi connectivity index (χ4n) is 4.14. The Morgan fingerprint density at radius 2 is 1.85 bits per heavy atom. The molecular formula is C25H30N4O4. The maximum absolute atomic E-state index is 11.5. The molecule has 2 heterocycles. The van der Waals surface area contributed by atoms with Crippen molar-refractivity contribution in [1.82, 2.24) is 4.90 Å².